The number of anilines is 2. The van der Waals surface area contributed by atoms with E-state index in [1.807, 2.05) is 0 Å². The molecule has 2 fully saturated rings. The van der Waals surface area contributed by atoms with Crippen LogP contribution in [0.25, 0.3) is 0 Å². The zero-order valence-electron chi connectivity index (χ0n) is 15.0. The molecule has 0 bridgehead atoms. The second kappa shape index (κ2) is 7.97. The lowest BCUT2D eigenvalue weighted by molar-refractivity contribution is -0.124. The SMILES string of the molecule is CC(=O)Nc1ccc(N2C(=O)CC(N3CCCCC3CCO)C2=O)cc1. The van der Waals surface area contributed by atoms with Gasteiger partial charge in [-0.15, -0.1) is 0 Å². The Morgan fingerprint density at radius 2 is 1.96 bits per heavy atom. The van der Waals surface area contributed by atoms with Crippen molar-refractivity contribution in [1.29, 1.82) is 0 Å². The molecule has 0 aliphatic carbocycles. The largest absolute Gasteiger partial charge is 0.396 e. The smallest absolute Gasteiger partial charge is 0.251 e. The molecule has 1 aromatic rings. The van der Waals surface area contributed by atoms with Crippen molar-refractivity contribution in [2.45, 2.75) is 51.1 Å². The number of rotatable bonds is 5. The number of amides is 3. The Bertz CT molecular complexity index is 687. The highest BCUT2D eigenvalue weighted by Crippen LogP contribution is 2.31. The topological polar surface area (TPSA) is 90.0 Å². The van der Waals surface area contributed by atoms with Gasteiger partial charge >= 0.3 is 0 Å². The van der Waals surface area contributed by atoms with Gasteiger partial charge in [-0.1, -0.05) is 6.42 Å². The first-order valence-corrected chi connectivity index (χ1v) is 9.12. The number of imide groups is 1. The van der Waals surface area contributed by atoms with Crippen molar-refractivity contribution >= 4 is 29.1 Å². The van der Waals surface area contributed by atoms with Crippen LogP contribution in [0.5, 0.6) is 0 Å². The zero-order valence-corrected chi connectivity index (χ0v) is 15.0. The van der Waals surface area contributed by atoms with Gasteiger partial charge in [0, 0.05) is 25.3 Å². The molecule has 0 radical (unpaired) electrons. The molecule has 2 saturated heterocycles. The van der Waals surface area contributed by atoms with Gasteiger partial charge in [-0.25, -0.2) is 4.90 Å². The van der Waals surface area contributed by atoms with Crippen LogP contribution >= 0.6 is 0 Å². The third-order valence-corrected chi connectivity index (χ3v) is 5.10. The first-order chi connectivity index (χ1) is 12.5. The van der Waals surface area contributed by atoms with E-state index in [9.17, 15) is 19.5 Å². The van der Waals surface area contributed by atoms with Gasteiger partial charge in [0.25, 0.3) is 5.91 Å². The number of likely N-dealkylation sites (tertiary alicyclic amines) is 1. The van der Waals surface area contributed by atoms with Crippen molar-refractivity contribution in [1.82, 2.24) is 4.90 Å². The third kappa shape index (κ3) is 3.78. The van der Waals surface area contributed by atoms with E-state index in [0.29, 0.717) is 17.8 Å². The molecule has 2 aliphatic heterocycles. The fraction of sp³-hybridized carbons (Fsp3) is 0.526. The van der Waals surface area contributed by atoms with E-state index in [2.05, 4.69) is 10.2 Å². The van der Waals surface area contributed by atoms with Crippen molar-refractivity contribution in [3.8, 4) is 0 Å². The fourth-order valence-corrected chi connectivity index (χ4v) is 3.94. The lowest BCUT2D eigenvalue weighted by Crippen LogP contribution is -2.50. The highest BCUT2D eigenvalue weighted by molar-refractivity contribution is 6.22. The van der Waals surface area contributed by atoms with Crippen molar-refractivity contribution in [2.75, 3.05) is 23.4 Å². The molecular formula is C19H25N3O4. The summed E-state index contributed by atoms with van der Waals surface area (Å²) in [5.74, 6) is -0.584. The van der Waals surface area contributed by atoms with E-state index in [1.54, 1.807) is 24.3 Å². The van der Waals surface area contributed by atoms with E-state index in [0.717, 1.165) is 25.8 Å². The normalized spacial score (nSPS) is 24.2. The predicted octanol–water partition coefficient (Wildman–Crippen LogP) is 1.51. The minimum Gasteiger partial charge on any atom is -0.396 e. The molecule has 26 heavy (non-hydrogen) atoms. The van der Waals surface area contributed by atoms with Crippen LogP contribution in [-0.4, -0.2) is 53.0 Å². The molecule has 2 N–H and O–H groups in total. The zero-order chi connectivity index (χ0) is 18.7. The van der Waals surface area contributed by atoms with E-state index >= 15 is 0 Å². The minimum absolute atomic E-state index is 0.0876. The number of nitrogens with one attached hydrogen (secondary N) is 1. The number of hydrogen-bond acceptors (Lipinski definition) is 5. The van der Waals surface area contributed by atoms with E-state index in [1.165, 1.54) is 11.8 Å². The second-order valence-corrected chi connectivity index (χ2v) is 6.92. The average Bonchev–Trinajstić information content (AvgIpc) is 2.90. The summed E-state index contributed by atoms with van der Waals surface area (Å²) in [5.41, 5.74) is 1.14. The van der Waals surface area contributed by atoms with Crippen LogP contribution < -0.4 is 10.2 Å². The maximum Gasteiger partial charge on any atom is 0.251 e. The van der Waals surface area contributed by atoms with Crippen LogP contribution in [0, 0.1) is 0 Å². The second-order valence-electron chi connectivity index (χ2n) is 6.92. The third-order valence-electron chi connectivity index (χ3n) is 5.10. The number of carbonyl (C=O) groups is 3. The molecule has 0 aromatic heterocycles. The summed E-state index contributed by atoms with van der Waals surface area (Å²) in [6, 6.07) is 6.41. The first-order valence-electron chi connectivity index (χ1n) is 9.12. The maximum absolute atomic E-state index is 13.0. The van der Waals surface area contributed by atoms with Gasteiger partial charge in [0.1, 0.15) is 0 Å². The number of hydrogen-bond donors (Lipinski definition) is 2. The van der Waals surface area contributed by atoms with Gasteiger partial charge < -0.3 is 10.4 Å². The molecule has 140 valence electrons. The molecule has 0 spiro atoms. The van der Waals surface area contributed by atoms with Crippen molar-refractivity contribution in [2.24, 2.45) is 0 Å². The lowest BCUT2D eigenvalue weighted by Gasteiger charge is -2.38. The number of piperidine rings is 1. The molecule has 2 atom stereocenters. The van der Waals surface area contributed by atoms with Gasteiger partial charge in [-0.3, -0.25) is 19.3 Å². The Hall–Kier alpha value is -2.25. The van der Waals surface area contributed by atoms with Crippen LogP contribution in [0.1, 0.15) is 39.0 Å². The summed E-state index contributed by atoms with van der Waals surface area (Å²) in [7, 11) is 0. The number of aliphatic hydroxyl groups excluding tert-OH is 1. The van der Waals surface area contributed by atoms with Crippen molar-refractivity contribution < 1.29 is 19.5 Å². The van der Waals surface area contributed by atoms with E-state index in [-0.39, 0.29) is 36.8 Å². The summed E-state index contributed by atoms with van der Waals surface area (Å²) in [4.78, 5) is 39.9. The van der Waals surface area contributed by atoms with Crippen LogP contribution in [0.15, 0.2) is 24.3 Å². The number of nitrogens with zero attached hydrogens (tertiary/aromatic N) is 2. The molecule has 3 rings (SSSR count). The predicted molar refractivity (Wildman–Crippen MR) is 97.7 cm³/mol. The monoisotopic (exact) mass is 359 g/mol. The number of benzene rings is 1. The molecule has 2 heterocycles. The standard InChI is InChI=1S/C19H25N3O4/c1-13(24)20-14-5-7-16(8-6-14)22-18(25)12-17(19(22)26)21-10-3-2-4-15(21)9-11-23/h5-8,15,17,23H,2-4,9-12H2,1H3,(H,20,24). The molecular weight excluding hydrogens is 334 g/mol. The first kappa shape index (κ1) is 18.5. The molecule has 2 aliphatic rings. The Kier molecular flexibility index (Phi) is 5.68. The summed E-state index contributed by atoms with van der Waals surface area (Å²) in [6.45, 7) is 2.29. The Labute approximate surface area is 153 Å². The molecule has 7 heteroatoms. The Morgan fingerprint density at radius 3 is 2.62 bits per heavy atom. The van der Waals surface area contributed by atoms with E-state index < -0.39 is 6.04 Å². The van der Waals surface area contributed by atoms with Crippen LogP contribution in [0.4, 0.5) is 11.4 Å². The summed E-state index contributed by atoms with van der Waals surface area (Å²) in [6.07, 6.45) is 3.84. The minimum atomic E-state index is -0.450. The van der Waals surface area contributed by atoms with Crippen LogP contribution in [0.3, 0.4) is 0 Å². The molecule has 7 nitrogen and oxygen atoms in total. The van der Waals surface area contributed by atoms with Crippen molar-refractivity contribution in [3.05, 3.63) is 24.3 Å². The summed E-state index contributed by atoms with van der Waals surface area (Å²) in [5, 5.41) is 12.0. The Balaban J connectivity index is 1.77. The van der Waals surface area contributed by atoms with E-state index in [4.69, 9.17) is 0 Å². The lowest BCUT2D eigenvalue weighted by atomic mass is 9.97. The highest BCUT2D eigenvalue weighted by Gasteiger charge is 2.44. The molecule has 3 amide bonds. The number of carbonyl (C=O) groups excluding carboxylic acids is 3. The quantitative estimate of drug-likeness (QED) is 0.778. The van der Waals surface area contributed by atoms with Gasteiger partial charge in [0.05, 0.1) is 18.2 Å². The van der Waals surface area contributed by atoms with Crippen LogP contribution in [-0.2, 0) is 14.4 Å². The van der Waals surface area contributed by atoms with Gasteiger partial charge in [-0.2, -0.15) is 0 Å². The Morgan fingerprint density at radius 1 is 1.23 bits per heavy atom. The maximum atomic E-state index is 13.0. The number of aliphatic hydroxyl groups is 1. The van der Waals surface area contributed by atoms with Gasteiger partial charge in [0.15, 0.2) is 0 Å². The highest BCUT2D eigenvalue weighted by atomic mass is 16.3. The van der Waals surface area contributed by atoms with Gasteiger partial charge in [-0.05, 0) is 50.1 Å². The molecule has 1 aromatic carbocycles. The molecule has 0 saturated carbocycles. The average molecular weight is 359 g/mol. The molecule has 2 unspecified atom stereocenters. The van der Waals surface area contributed by atoms with Crippen LogP contribution in [0.2, 0.25) is 0 Å². The fourth-order valence-electron chi connectivity index (χ4n) is 3.94. The summed E-state index contributed by atoms with van der Waals surface area (Å²) < 4.78 is 0. The van der Waals surface area contributed by atoms with Gasteiger partial charge in [0.2, 0.25) is 11.8 Å². The van der Waals surface area contributed by atoms with Crippen molar-refractivity contribution in [3.63, 3.8) is 0 Å². The summed E-state index contributed by atoms with van der Waals surface area (Å²) >= 11 is 0.